The summed E-state index contributed by atoms with van der Waals surface area (Å²) in [6.07, 6.45) is 0. The molecule has 7 heteroatoms. The van der Waals surface area contributed by atoms with Gasteiger partial charge in [-0.3, -0.25) is 14.2 Å². The van der Waals surface area contributed by atoms with E-state index in [1.54, 1.807) is 48.5 Å². The lowest BCUT2D eigenvalue weighted by molar-refractivity contribution is -0.121. The van der Waals surface area contributed by atoms with Crippen molar-refractivity contribution in [3.63, 3.8) is 0 Å². The molecule has 4 aromatic rings. The summed E-state index contributed by atoms with van der Waals surface area (Å²) in [5.41, 5.74) is 2.55. The van der Waals surface area contributed by atoms with E-state index in [2.05, 4.69) is 5.32 Å². The number of hydrogen-bond donors (Lipinski definition) is 1. The lowest BCUT2D eigenvalue weighted by Gasteiger charge is -2.15. The van der Waals surface area contributed by atoms with Gasteiger partial charge >= 0.3 is 5.69 Å². The van der Waals surface area contributed by atoms with E-state index < -0.39 is 17.2 Å². The molecule has 0 fully saturated rings. The quantitative estimate of drug-likeness (QED) is 0.527. The topological polar surface area (TPSA) is 73.1 Å². The fourth-order valence-corrected chi connectivity index (χ4v) is 3.57. The Morgan fingerprint density at radius 1 is 0.938 bits per heavy atom. The minimum Gasteiger partial charge on any atom is -0.350 e. The van der Waals surface area contributed by atoms with Gasteiger partial charge in [0.25, 0.3) is 5.56 Å². The summed E-state index contributed by atoms with van der Waals surface area (Å²) in [5, 5.41) is 3.08. The van der Waals surface area contributed by atoms with Crippen LogP contribution in [0.3, 0.4) is 0 Å². The van der Waals surface area contributed by atoms with Crippen LogP contribution in [0.2, 0.25) is 0 Å². The molecule has 1 N–H and O–H groups in total. The second-order valence-electron chi connectivity index (χ2n) is 7.70. The van der Waals surface area contributed by atoms with Crippen LogP contribution in [0.5, 0.6) is 0 Å². The first-order valence-electron chi connectivity index (χ1n) is 10.2. The zero-order chi connectivity index (χ0) is 22.8. The Labute approximate surface area is 183 Å². The van der Waals surface area contributed by atoms with Crippen molar-refractivity contribution in [2.75, 3.05) is 0 Å². The van der Waals surface area contributed by atoms with Gasteiger partial charge in [-0.25, -0.2) is 13.8 Å². The molecular weight excluding hydrogens is 409 g/mol. The molecule has 4 rings (SSSR count). The summed E-state index contributed by atoms with van der Waals surface area (Å²) in [6.45, 7) is 3.80. The molecule has 1 heterocycles. The van der Waals surface area contributed by atoms with Crippen molar-refractivity contribution in [1.82, 2.24) is 14.5 Å². The summed E-state index contributed by atoms with van der Waals surface area (Å²) < 4.78 is 15.5. The van der Waals surface area contributed by atoms with Crippen LogP contribution in [-0.4, -0.2) is 15.0 Å². The molecular formula is C25H22FN3O3. The van der Waals surface area contributed by atoms with Gasteiger partial charge in [-0.15, -0.1) is 0 Å². The Bertz CT molecular complexity index is 1440. The fraction of sp³-hybridized carbons (Fsp3) is 0.160. The number of para-hydroxylation sites is 1. The molecule has 0 radical (unpaired) electrons. The number of nitrogens with zero attached hydrogens (tertiary/aromatic N) is 2. The molecule has 0 aliphatic rings. The van der Waals surface area contributed by atoms with Crippen LogP contribution in [-0.2, 0) is 17.9 Å². The molecule has 0 aliphatic heterocycles. The highest BCUT2D eigenvalue weighted by molar-refractivity contribution is 5.82. The van der Waals surface area contributed by atoms with Gasteiger partial charge in [-0.2, -0.15) is 0 Å². The van der Waals surface area contributed by atoms with Gasteiger partial charge in [-0.05, 0) is 66.9 Å². The third-order valence-electron chi connectivity index (χ3n) is 5.50. The Morgan fingerprint density at radius 2 is 1.66 bits per heavy atom. The number of aromatic nitrogens is 2. The number of hydrogen-bond acceptors (Lipinski definition) is 3. The summed E-state index contributed by atoms with van der Waals surface area (Å²) >= 11 is 0. The largest absolute Gasteiger partial charge is 0.350 e. The van der Waals surface area contributed by atoms with Gasteiger partial charge < -0.3 is 5.32 Å². The van der Waals surface area contributed by atoms with Gasteiger partial charge in [-0.1, -0.05) is 30.3 Å². The number of nitrogens with one attached hydrogen (secondary N) is 1. The highest BCUT2D eigenvalue weighted by atomic mass is 19.1. The fourth-order valence-electron chi connectivity index (χ4n) is 3.57. The molecule has 1 amide bonds. The van der Waals surface area contributed by atoms with Crippen molar-refractivity contribution in [1.29, 1.82) is 0 Å². The molecule has 0 saturated heterocycles. The molecule has 0 spiro atoms. The number of rotatable bonds is 5. The van der Waals surface area contributed by atoms with Crippen LogP contribution in [0.1, 0.15) is 16.7 Å². The first kappa shape index (κ1) is 21.2. The third kappa shape index (κ3) is 4.09. The standard InChI is InChI=1S/C25H22FN3O3/c1-16-7-12-20(13-17(16)2)29-24(31)21-5-3-4-6-22(21)28(25(29)32)15-23(30)27-14-18-8-10-19(26)11-9-18/h3-13H,14-15H2,1-2H3,(H,27,30). The predicted molar refractivity (Wildman–Crippen MR) is 122 cm³/mol. The monoisotopic (exact) mass is 431 g/mol. The molecule has 0 aliphatic carbocycles. The Morgan fingerprint density at radius 3 is 2.38 bits per heavy atom. The van der Waals surface area contributed by atoms with Crippen LogP contribution in [0, 0.1) is 19.7 Å². The summed E-state index contributed by atoms with van der Waals surface area (Å²) in [6, 6.07) is 17.9. The van der Waals surface area contributed by atoms with E-state index in [4.69, 9.17) is 0 Å². The van der Waals surface area contributed by atoms with E-state index in [9.17, 15) is 18.8 Å². The van der Waals surface area contributed by atoms with E-state index in [1.165, 1.54) is 16.7 Å². The smallest absolute Gasteiger partial charge is 0.336 e. The van der Waals surface area contributed by atoms with E-state index in [1.807, 2.05) is 19.9 Å². The molecule has 32 heavy (non-hydrogen) atoms. The van der Waals surface area contributed by atoms with E-state index in [0.717, 1.165) is 21.3 Å². The zero-order valence-corrected chi connectivity index (χ0v) is 17.8. The highest BCUT2D eigenvalue weighted by Crippen LogP contribution is 2.14. The summed E-state index contributed by atoms with van der Waals surface area (Å²) in [4.78, 5) is 39.1. The van der Waals surface area contributed by atoms with Crippen LogP contribution < -0.4 is 16.6 Å². The number of amides is 1. The first-order valence-corrected chi connectivity index (χ1v) is 10.2. The van der Waals surface area contributed by atoms with Gasteiger partial charge in [0, 0.05) is 6.54 Å². The Balaban J connectivity index is 1.74. The van der Waals surface area contributed by atoms with E-state index in [0.29, 0.717) is 16.6 Å². The number of carbonyl (C=O) groups is 1. The molecule has 0 bridgehead atoms. The van der Waals surface area contributed by atoms with Crippen molar-refractivity contribution >= 4 is 16.8 Å². The minimum atomic E-state index is -0.589. The number of halogens is 1. The minimum absolute atomic E-state index is 0.197. The van der Waals surface area contributed by atoms with Gasteiger partial charge in [0.2, 0.25) is 5.91 Å². The normalized spacial score (nSPS) is 11.0. The van der Waals surface area contributed by atoms with Crippen LogP contribution >= 0.6 is 0 Å². The lowest BCUT2D eigenvalue weighted by Crippen LogP contribution is -2.41. The number of aryl methyl sites for hydroxylation is 2. The van der Waals surface area contributed by atoms with E-state index >= 15 is 0 Å². The van der Waals surface area contributed by atoms with Crippen molar-refractivity contribution in [3.05, 3.63) is 110 Å². The first-order chi connectivity index (χ1) is 15.3. The lowest BCUT2D eigenvalue weighted by atomic mass is 10.1. The summed E-state index contributed by atoms with van der Waals surface area (Å²) in [5.74, 6) is -0.751. The van der Waals surface area contributed by atoms with Gasteiger partial charge in [0.15, 0.2) is 0 Å². The zero-order valence-electron chi connectivity index (χ0n) is 17.8. The Hall–Kier alpha value is -4.00. The number of carbonyl (C=O) groups excluding carboxylic acids is 1. The van der Waals surface area contributed by atoms with Gasteiger partial charge in [0.1, 0.15) is 12.4 Å². The second-order valence-corrected chi connectivity index (χ2v) is 7.70. The average molecular weight is 431 g/mol. The maximum atomic E-state index is 13.4. The maximum absolute atomic E-state index is 13.4. The second kappa shape index (κ2) is 8.63. The van der Waals surface area contributed by atoms with Crippen LogP contribution in [0.4, 0.5) is 4.39 Å². The van der Waals surface area contributed by atoms with Crippen molar-refractivity contribution in [2.24, 2.45) is 0 Å². The average Bonchev–Trinajstić information content (AvgIpc) is 2.79. The molecule has 6 nitrogen and oxygen atoms in total. The van der Waals surface area contributed by atoms with Crippen molar-refractivity contribution in [2.45, 2.75) is 26.9 Å². The Kier molecular flexibility index (Phi) is 5.73. The molecule has 3 aromatic carbocycles. The molecule has 162 valence electrons. The van der Waals surface area contributed by atoms with Crippen molar-refractivity contribution < 1.29 is 9.18 Å². The van der Waals surface area contributed by atoms with Gasteiger partial charge in [0.05, 0.1) is 16.6 Å². The maximum Gasteiger partial charge on any atom is 0.336 e. The molecule has 1 aromatic heterocycles. The van der Waals surface area contributed by atoms with Crippen LogP contribution in [0.15, 0.2) is 76.3 Å². The van der Waals surface area contributed by atoms with Crippen molar-refractivity contribution in [3.8, 4) is 5.69 Å². The third-order valence-corrected chi connectivity index (χ3v) is 5.50. The summed E-state index contributed by atoms with van der Waals surface area (Å²) in [7, 11) is 0. The molecule has 0 unspecified atom stereocenters. The molecule has 0 saturated carbocycles. The SMILES string of the molecule is Cc1ccc(-n2c(=O)c3ccccc3n(CC(=O)NCc3ccc(F)cc3)c2=O)cc1C. The number of benzene rings is 3. The predicted octanol–water partition coefficient (Wildman–Crippen LogP) is 3.22. The highest BCUT2D eigenvalue weighted by Gasteiger charge is 2.16. The molecule has 0 atom stereocenters. The van der Waals surface area contributed by atoms with E-state index in [-0.39, 0.29) is 18.9 Å². The number of fused-ring (bicyclic) bond motifs is 1. The van der Waals surface area contributed by atoms with Crippen LogP contribution in [0.25, 0.3) is 16.6 Å².